The Morgan fingerprint density at radius 1 is 0.655 bits per heavy atom. The standard InChI is InChI=1S/C28H29N/c1-21-13-15-26(19-23(21)3)29(27-16-14-22(2)24(4)20-27)28(17-9-6-10-18-28)25-11-7-5-8-12-25/h5-17,19-20H,18H2,1-4H3. The molecule has 0 aromatic heterocycles. The molecule has 0 spiro atoms. The Morgan fingerprint density at radius 2 is 1.24 bits per heavy atom. The van der Waals surface area contributed by atoms with Crippen molar-refractivity contribution in [1.29, 1.82) is 0 Å². The quantitative estimate of drug-likeness (QED) is 0.454. The second-order valence-electron chi connectivity index (χ2n) is 8.15. The fraction of sp³-hybridized carbons (Fsp3) is 0.214. The van der Waals surface area contributed by atoms with Gasteiger partial charge in [0.1, 0.15) is 0 Å². The topological polar surface area (TPSA) is 3.24 Å². The number of rotatable bonds is 4. The highest BCUT2D eigenvalue weighted by Gasteiger charge is 2.37. The first-order valence-corrected chi connectivity index (χ1v) is 10.4. The van der Waals surface area contributed by atoms with Gasteiger partial charge in [0.05, 0.1) is 5.54 Å². The van der Waals surface area contributed by atoms with Gasteiger partial charge in [-0.1, -0.05) is 66.8 Å². The van der Waals surface area contributed by atoms with Crippen LogP contribution in [-0.2, 0) is 5.54 Å². The number of hydrogen-bond donors (Lipinski definition) is 0. The highest BCUT2D eigenvalue weighted by molar-refractivity contribution is 5.71. The lowest BCUT2D eigenvalue weighted by molar-refractivity contribution is 0.547. The second-order valence-corrected chi connectivity index (χ2v) is 8.15. The van der Waals surface area contributed by atoms with Crippen molar-refractivity contribution < 1.29 is 0 Å². The van der Waals surface area contributed by atoms with Gasteiger partial charge in [0.15, 0.2) is 0 Å². The first kappa shape index (κ1) is 19.3. The molecule has 1 aliphatic carbocycles. The van der Waals surface area contributed by atoms with Gasteiger partial charge in [0.2, 0.25) is 0 Å². The lowest BCUT2D eigenvalue weighted by Crippen LogP contribution is -2.42. The van der Waals surface area contributed by atoms with Gasteiger partial charge in [0.25, 0.3) is 0 Å². The number of aryl methyl sites for hydroxylation is 4. The summed E-state index contributed by atoms with van der Waals surface area (Å²) in [5.41, 5.74) is 8.75. The smallest absolute Gasteiger partial charge is 0.0923 e. The van der Waals surface area contributed by atoms with E-state index >= 15 is 0 Å². The minimum Gasteiger partial charge on any atom is -0.327 e. The van der Waals surface area contributed by atoms with Crippen molar-refractivity contribution in [3.63, 3.8) is 0 Å². The van der Waals surface area contributed by atoms with E-state index in [1.165, 1.54) is 39.2 Å². The highest BCUT2D eigenvalue weighted by atomic mass is 15.2. The largest absolute Gasteiger partial charge is 0.327 e. The molecule has 0 N–H and O–H groups in total. The van der Waals surface area contributed by atoms with E-state index in [-0.39, 0.29) is 5.54 Å². The van der Waals surface area contributed by atoms with Crippen molar-refractivity contribution in [1.82, 2.24) is 0 Å². The van der Waals surface area contributed by atoms with Crippen LogP contribution in [-0.4, -0.2) is 0 Å². The van der Waals surface area contributed by atoms with Crippen LogP contribution in [0.5, 0.6) is 0 Å². The highest BCUT2D eigenvalue weighted by Crippen LogP contribution is 2.45. The Bertz CT molecular complexity index is 1020. The lowest BCUT2D eigenvalue weighted by atomic mass is 9.81. The molecule has 1 heteroatoms. The van der Waals surface area contributed by atoms with E-state index in [1.807, 2.05) is 0 Å². The van der Waals surface area contributed by atoms with Crippen LogP contribution >= 0.6 is 0 Å². The van der Waals surface area contributed by atoms with E-state index in [9.17, 15) is 0 Å². The van der Waals surface area contributed by atoms with Gasteiger partial charge in [-0.25, -0.2) is 0 Å². The number of hydrogen-bond acceptors (Lipinski definition) is 1. The van der Waals surface area contributed by atoms with Crippen molar-refractivity contribution in [3.05, 3.63) is 119 Å². The average molecular weight is 380 g/mol. The maximum absolute atomic E-state index is 2.52. The molecule has 1 unspecified atom stereocenters. The summed E-state index contributed by atoms with van der Waals surface area (Å²) in [5.74, 6) is 0. The van der Waals surface area contributed by atoms with Crippen LogP contribution in [0.25, 0.3) is 0 Å². The molecule has 146 valence electrons. The first-order valence-electron chi connectivity index (χ1n) is 10.4. The predicted octanol–water partition coefficient (Wildman–Crippen LogP) is 7.47. The summed E-state index contributed by atoms with van der Waals surface area (Å²) >= 11 is 0. The van der Waals surface area contributed by atoms with Gasteiger partial charge in [-0.3, -0.25) is 0 Å². The normalized spacial score (nSPS) is 18.1. The SMILES string of the molecule is Cc1ccc(N(c2ccc(C)c(C)c2)C2(c3ccccc3)C=CC=CC2)cc1C. The monoisotopic (exact) mass is 379 g/mol. The van der Waals surface area contributed by atoms with Crippen LogP contribution in [0, 0.1) is 27.7 Å². The van der Waals surface area contributed by atoms with E-state index in [2.05, 4.69) is 124 Å². The maximum atomic E-state index is 2.52. The summed E-state index contributed by atoms with van der Waals surface area (Å²) in [7, 11) is 0. The zero-order valence-electron chi connectivity index (χ0n) is 17.8. The van der Waals surface area contributed by atoms with Crippen molar-refractivity contribution in [2.24, 2.45) is 0 Å². The Labute approximate surface area is 175 Å². The molecule has 3 aromatic rings. The van der Waals surface area contributed by atoms with Gasteiger partial charge in [-0.05, 0) is 86.2 Å². The number of anilines is 2. The second kappa shape index (κ2) is 7.75. The molecule has 1 nitrogen and oxygen atoms in total. The molecule has 0 fully saturated rings. The summed E-state index contributed by atoms with van der Waals surface area (Å²) in [5, 5.41) is 0. The maximum Gasteiger partial charge on any atom is 0.0923 e. The third-order valence-corrected chi connectivity index (χ3v) is 6.22. The van der Waals surface area contributed by atoms with Crippen LogP contribution in [0.3, 0.4) is 0 Å². The summed E-state index contributed by atoms with van der Waals surface area (Å²) in [6, 6.07) is 24.5. The number of allylic oxidation sites excluding steroid dienone is 2. The van der Waals surface area contributed by atoms with Gasteiger partial charge in [-0.2, -0.15) is 0 Å². The fourth-order valence-corrected chi connectivity index (χ4v) is 4.18. The van der Waals surface area contributed by atoms with Gasteiger partial charge >= 0.3 is 0 Å². The van der Waals surface area contributed by atoms with Crippen molar-refractivity contribution >= 4 is 11.4 Å². The fourth-order valence-electron chi connectivity index (χ4n) is 4.18. The lowest BCUT2D eigenvalue weighted by Gasteiger charge is -2.45. The third kappa shape index (κ3) is 3.53. The first-order chi connectivity index (χ1) is 14.0. The van der Waals surface area contributed by atoms with Gasteiger partial charge < -0.3 is 4.90 Å². The minimum atomic E-state index is -0.264. The summed E-state index contributed by atoms with van der Waals surface area (Å²) in [6.45, 7) is 8.75. The van der Waals surface area contributed by atoms with Gasteiger partial charge in [0, 0.05) is 11.4 Å². The van der Waals surface area contributed by atoms with Crippen molar-refractivity contribution in [3.8, 4) is 0 Å². The molecule has 0 radical (unpaired) electrons. The molecule has 0 heterocycles. The predicted molar refractivity (Wildman–Crippen MR) is 125 cm³/mol. The summed E-state index contributed by atoms with van der Waals surface area (Å²) in [6.07, 6.45) is 9.90. The molecular weight excluding hydrogens is 350 g/mol. The minimum absolute atomic E-state index is 0.264. The Hall–Kier alpha value is -3.06. The zero-order valence-corrected chi connectivity index (χ0v) is 17.8. The van der Waals surface area contributed by atoms with Crippen molar-refractivity contribution in [2.75, 3.05) is 4.90 Å². The Balaban J connectivity index is 1.99. The van der Waals surface area contributed by atoms with Crippen LogP contribution in [0.1, 0.15) is 34.2 Å². The molecule has 0 bridgehead atoms. The van der Waals surface area contributed by atoms with E-state index in [0.29, 0.717) is 0 Å². The molecule has 0 saturated carbocycles. The van der Waals surface area contributed by atoms with E-state index < -0.39 is 0 Å². The molecule has 0 aliphatic heterocycles. The molecule has 3 aromatic carbocycles. The zero-order chi connectivity index (χ0) is 20.4. The summed E-state index contributed by atoms with van der Waals surface area (Å²) < 4.78 is 0. The molecule has 0 amide bonds. The molecular formula is C28H29N. The Morgan fingerprint density at radius 3 is 1.72 bits per heavy atom. The third-order valence-electron chi connectivity index (χ3n) is 6.22. The van der Waals surface area contributed by atoms with Crippen LogP contribution in [0.15, 0.2) is 91.0 Å². The molecule has 29 heavy (non-hydrogen) atoms. The molecule has 1 aliphatic rings. The molecule has 0 saturated heterocycles. The average Bonchev–Trinajstić information content (AvgIpc) is 2.75. The van der Waals surface area contributed by atoms with Crippen LogP contribution in [0.2, 0.25) is 0 Å². The number of nitrogens with zero attached hydrogens (tertiary/aromatic N) is 1. The van der Waals surface area contributed by atoms with Gasteiger partial charge in [-0.15, -0.1) is 0 Å². The molecule has 1 atom stereocenters. The Kier molecular flexibility index (Phi) is 5.15. The van der Waals surface area contributed by atoms with Crippen molar-refractivity contribution in [2.45, 2.75) is 39.7 Å². The van der Waals surface area contributed by atoms with E-state index in [1.54, 1.807) is 0 Å². The van der Waals surface area contributed by atoms with Crippen LogP contribution in [0.4, 0.5) is 11.4 Å². The van der Waals surface area contributed by atoms with E-state index in [4.69, 9.17) is 0 Å². The summed E-state index contributed by atoms with van der Waals surface area (Å²) in [4.78, 5) is 2.52. The number of benzene rings is 3. The van der Waals surface area contributed by atoms with E-state index in [0.717, 1.165) is 6.42 Å². The van der Waals surface area contributed by atoms with Crippen LogP contribution < -0.4 is 4.90 Å². The molecule has 4 rings (SSSR count).